The molecular formula is C18H15Cl3F2N2O2S. The van der Waals surface area contributed by atoms with Crippen LogP contribution in [0.1, 0.15) is 12.5 Å². The van der Waals surface area contributed by atoms with E-state index in [0.717, 1.165) is 0 Å². The maximum absolute atomic E-state index is 13.5. The van der Waals surface area contributed by atoms with Gasteiger partial charge in [-0.25, -0.2) is 4.79 Å². The van der Waals surface area contributed by atoms with Gasteiger partial charge in [0.1, 0.15) is 0 Å². The molecule has 150 valence electrons. The fraction of sp³-hybridized carbons (Fsp3) is 0.222. The monoisotopic (exact) mass is 466 g/mol. The Morgan fingerprint density at radius 2 is 1.86 bits per heavy atom. The largest absolute Gasteiger partial charge is 0.477 e. The predicted octanol–water partition coefficient (Wildman–Crippen LogP) is 6.84. The van der Waals surface area contributed by atoms with Crippen LogP contribution in [-0.2, 0) is 4.74 Å². The molecule has 0 radical (unpaired) electrons. The Balaban J connectivity index is 2.11. The van der Waals surface area contributed by atoms with Gasteiger partial charge in [0.25, 0.3) is 0 Å². The summed E-state index contributed by atoms with van der Waals surface area (Å²) >= 11 is 16.9. The molecule has 0 aliphatic heterocycles. The lowest BCUT2D eigenvalue weighted by atomic mass is 10.2. The van der Waals surface area contributed by atoms with Gasteiger partial charge in [0.2, 0.25) is 5.90 Å². The van der Waals surface area contributed by atoms with Crippen LogP contribution in [0.2, 0.25) is 5.02 Å². The van der Waals surface area contributed by atoms with E-state index < -0.39 is 16.1 Å². The molecular weight excluding hydrogens is 453 g/mol. The summed E-state index contributed by atoms with van der Waals surface area (Å²) in [5, 5.41) is -0.409. The SMILES string of the molecule is CCO/C(=N\C(=O)Nc1ccc(SC(F)(F)C(Cl)Cl)cc1)c1ccccc1Cl. The smallest absolute Gasteiger partial charge is 0.348 e. The van der Waals surface area contributed by atoms with Crippen LogP contribution in [0.3, 0.4) is 0 Å². The minimum Gasteiger partial charge on any atom is -0.477 e. The molecule has 0 aliphatic rings. The minimum atomic E-state index is -3.33. The Morgan fingerprint density at radius 3 is 2.43 bits per heavy atom. The summed E-state index contributed by atoms with van der Waals surface area (Å²) < 4.78 is 32.5. The number of nitrogens with one attached hydrogen (secondary N) is 1. The van der Waals surface area contributed by atoms with Gasteiger partial charge < -0.3 is 10.1 Å². The lowest BCUT2D eigenvalue weighted by Crippen LogP contribution is -2.19. The summed E-state index contributed by atoms with van der Waals surface area (Å²) in [6.07, 6.45) is 0. The number of hydrogen-bond acceptors (Lipinski definition) is 3. The number of carbonyl (C=O) groups is 1. The van der Waals surface area contributed by atoms with Crippen molar-refractivity contribution in [3.63, 3.8) is 0 Å². The maximum atomic E-state index is 13.5. The number of benzene rings is 2. The van der Waals surface area contributed by atoms with Gasteiger partial charge in [-0.1, -0.05) is 46.9 Å². The van der Waals surface area contributed by atoms with Gasteiger partial charge in [-0.3, -0.25) is 0 Å². The average Bonchev–Trinajstić information content (AvgIpc) is 2.63. The highest BCUT2D eigenvalue weighted by Crippen LogP contribution is 2.42. The second kappa shape index (κ2) is 10.3. The number of anilines is 1. The summed E-state index contributed by atoms with van der Waals surface area (Å²) in [6, 6.07) is 11.9. The summed E-state index contributed by atoms with van der Waals surface area (Å²) in [5.41, 5.74) is 0.844. The van der Waals surface area contributed by atoms with Crippen molar-refractivity contribution in [2.24, 2.45) is 4.99 Å². The van der Waals surface area contributed by atoms with Crippen molar-refractivity contribution in [1.82, 2.24) is 0 Å². The lowest BCUT2D eigenvalue weighted by Gasteiger charge is -2.16. The van der Waals surface area contributed by atoms with Crippen molar-refractivity contribution < 1.29 is 18.3 Å². The number of ether oxygens (including phenoxy) is 1. The van der Waals surface area contributed by atoms with E-state index in [9.17, 15) is 13.6 Å². The molecule has 28 heavy (non-hydrogen) atoms. The van der Waals surface area contributed by atoms with E-state index in [1.54, 1.807) is 31.2 Å². The third kappa shape index (κ3) is 6.51. The molecule has 0 heterocycles. The van der Waals surface area contributed by atoms with Gasteiger partial charge >= 0.3 is 11.3 Å². The average molecular weight is 468 g/mol. The van der Waals surface area contributed by atoms with Gasteiger partial charge in [0.15, 0.2) is 4.84 Å². The van der Waals surface area contributed by atoms with E-state index in [1.165, 1.54) is 24.3 Å². The number of alkyl halides is 4. The van der Waals surface area contributed by atoms with E-state index >= 15 is 0 Å². The number of carbonyl (C=O) groups excluding carboxylic acids is 1. The Kier molecular flexibility index (Phi) is 8.37. The van der Waals surface area contributed by atoms with Gasteiger partial charge in [-0.05, 0) is 55.1 Å². The molecule has 2 aromatic rings. The van der Waals surface area contributed by atoms with Crippen LogP contribution in [0.5, 0.6) is 0 Å². The lowest BCUT2D eigenvalue weighted by molar-refractivity contribution is 0.122. The fourth-order valence-electron chi connectivity index (χ4n) is 1.99. The van der Waals surface area contributed by atoms with Crippen LogP contribution in [0.15, 0.2) is 58.4 Å². The molecule has 10 heteroatoms. The molecule has 0 saturated heterocycles. The van der Waals surface area contributed by atoms with Crippen LogP contribution < -0.4 is 5.32 Å². The third-order valence-corrected chi connectivity index (χ3v) is 5.35. The number of hydrogen-bond donors (Lipinski definition) is 1. The molecule has 1 N–H and O–H groups in total. The number of halogens is 5. The topological polar surface area (TPSA) is 50.7 Å². The molecule has 2 rings (SSSR count). The van der Waals surface area contributed by atoms with Crippen LogP contribution in [-0.4, -0.2) is 28.6 Å². The van der Waals surface area contributed by atoms with E-state index in [2.05, 4.69) is 10.3 Å². The molecule has 2 aromatic carbocycles. The third-order valence-electron chi connectivity index (χ3n) is 3.20. The highest BCUT2D eigenvalue weighted by atomic mass is 35.5. The van der Waals surface area contributed by atoms with Crippen molar-refractivity contribution in [2.75, 3.05) is 11.9 Å². The summed E-state index contributed by atoms with van der Waals surface area (Å²) in [4.78, 5) is 14.5. The number of urea groups is 1. The zero-order chi connectivity index (χ0) is 20.7. The minimum absolute atomic E-state index is 0.0766. The van der Waals surface area contributed by atoms with E-state index in [-0.39, 0.29) is 22.6 Å². The number of amides is 2. The molecule has 0 saturated carbocycles. The molecule has 4 nitrogen and oxygen atoms in total. The predicted molar refractivity (Wildman–Crippen MR) is 111 cm³/mol. The first-order chi connectivity index (χ1) is 13.2. The highest BCUT2D eigenvalue weighted by Gasteiger charge is 2.38. The van der Waals surface area contributed by atoms with Gasteiger partial charge in [-0.2, -0.15) is 13.8 Å². The van der Waals surface area contributed by atoms with E-state index in [1.807, 2.05) is 0 Å². The summed E-state index contributed by atoms with van der Waals surface area (Å²) in [7, 11) is 0. The molecule has 0 aromatic heterocycles. The number of thioether (sulfide) groups is 1. The van der Waals surface area contributed by atoms with Gasteiger partial charge in [-0.15, -0.1) is 0 Å². The second-order valence-electron chi connectivity index (χ2n) is 5.25. The highest BCUT2D eigenvalue weighted by molar-refractivity contribution is 8.00. The van der Waals surface area contributed by atoms with Crippen molar-refractivity contribution in [1.29, 1.82) is 0 Å². The molecule has 0 spiro atoms. The normalized spacial score (nSPS) is 12.2. The Hall–Kier alpha value is -1.54. The molecule has 0 fully saturated rings. The van der Waals surface area contributed by atoms with Crippen molar-refractivity contribution in [3.8, 4) is 0 Å². The number of nitrogens with zero attached hydrogens (tertiary/aromatic N) is 1. The quantitative estimate of drug-likeness (QED) is 0.219. The Bertz CT molecular complexity index is 849. The first-order valence-electron chi connectivity index (χ1n) is 7.95. The number of aliphatic imine (C=N–C) groups is 1. The van der Waals surface area contributed by atoms with Crippen LogP contribution >= 0.6 is 46.6 Å². The van der Waals surface area contributed by atoms with Gasteiger partial charge in [0, 0.05) is 10.6 Å². The van der Waals surface area contributed by atoms with E-state index in [4.69, 9.17) is 39.5 Å². The van der Waals surface area contributed by atoms with Crippen LogP contribution in [0, 0.1) is 0 Å². The Morgan fingerprint density at radius 1 is 1.21 bits per heavy atom. The van der Waals surface area contributed by atoms with Crippen molar-refractivity contribution >= 4 is 64.2 Å². The standard InChI is InChI=1S/C18H15Cl3F2N2O2S/c1-2-27-15(13-5-3-4-6-14(13)19)25-17(26)24-11-7-9-12(10-8-11)28-18(22,23)16(20)21/h3-10,16H,2H2,1H3,(H,24,26)/b25-15-. The zero-order valence-electron chi connectivity index (χ0n) is 14.5. The molecule has 0 bridgehead atoms. The second-order valence-corrected chi connectivity index (χ2v) is 7.97. The molecule has 0 atom stereocenters. The van der Waals surface area contributed by atoms with Gasteiger partial charge in [0.05, 0.1) is 17.2 Å². The Labute approximate surface area is 180 Å². The number of rotatable bonds is 6. The first kappa shape index (κ1) is 22.7. The van der Waals surface area contributed by atoms with Crippen LogP contribution in [0.4, 0.5) is 19.3 Å². The fourth-order valence-corrected chi connectivity index (χ4v) is 3.15. The first-order valence-corrected chi connectivity index (χ1v) is 10.0. The maximum Gasteiger partial charge on any atom is 0.348 e. The molecule has 0 aliphatic carbocycles. The van der Waals surface area contributed by atoms with Crippen molar-refractivity contribution in [2.45, 2.75) is 21.9 Å². The summed E-state index contributed by atoms with van der Waals surface area (Å²) in [5.74, 6) is 0.0766. The molecule has 0 unspecified atom stereocenters. The van der Waals surface area contributed by atoms with E-state index in [0.29, 0.717) is 22.9 Å². The van der Waals surface area contributed by atoms with Crippen molar-refractivity contribution in [3.05, 3.63) is 59.1 Å². The van der Waals surface area contributed by atoms with Crippen LogP contribution in [0.25, 0.3) is 0 Å². The summed E-state index contributed by atoms with van der Waals surface area (Å²) in [6.45, 7) is 2.04. The zero-order valence-corrected chi connectivity index (χ0v) is 17.5. The molecule has 2 amide bonds.